The maximum absolute atomic E-state index is 9.36. The lowest BCUT2D eigenvalue weighted by Crippen LogP contribution is -2.26. The molecule has 0 saturated heterocycles. The molecule has 1 aliphatic rings. The van der Waals surface area contributed by atoms with Gasteiger partial charge >= 0.3 is 0 Å². The van der Waals surface area contributed by atoms with Crippen molar-refractivity contribution in [2.45, 2.75) is 18.9 Å². The molecule has 0 amide bonds. The van der Waals surface area contributed by atoms with Crippen molar-refractivity contribution in [3.63, 3.8) is 0 Å². The van der Waals surface area contributed by atoms with Gasteiger partial charge in [-0.15, -0.1) is 0 Å². The van der Waals surface area contributed by atoms with E-state index in [0.717, 1.165) is 22.5 Å². The fourth-order valence-electron chi connectivity index (χ4n) is 1.65. The first-order valence-corrected chi connectivity index (χ1v) is 6.67. The van der Waals surface area contributed by atoms with Crippen LogP contribution >= 0.6 is 27.5 Å². The number of hydrogen-bond donors (Lipinski definition) is 2. The van der Waals surface area contributed by atoms with Gasteiger partial charge in [-0.25, -0.2) is 0 Å². The number of aliphatic hydroxyl groups excluding tert-OH is 1. The summed E-state index contributed by atoms with van der Waals surface area (Å²) in [6, 6.07) is 5.79. The second-order valence-electron chi connectivity index (χ2n) is 4.26. The molecule has 16 heavy (non-hydrogen) atoms. The maximum Gasteiger partial charge on any atom is 0.0626 e. The van der Waals surface area contributed by atoms with Crippen molar-refractivity contribution in [2.75, 3.05) is 13.2 Å². The average molecular weight is 305 g/mol. The average Bonchev–Trinajstić information content (AvgIpc) is 3.08. The second-order valence-corrected chi connectivity index (χ2v) is 5.52. The van der Waals surface area contributed by atoms with E-state index in [1.165, 1.54) is 12.8 Å². The Morgan fingerprint density at radius 2 is 2.25 bits per heavy atom. The van der Waals surface area contributed by atoms with Crippen molar-refractivity contribution in [1.82, 2.24) is 5.32 Å². The molecule has 2 rings (SSSR count). The van der Waals surface area contributed by atoms with E-state index in [-0.39, 0.29) is 12.6 Å². The van der Waals surface area contributed by atoms with Gasteiger partial charge in [0.25, 0.3) is 0 Å². The third kappa shape index (κ3) is 3.20. The summed E-state index contributed by atoms with van der Waals surface area (Å²) < 4.78 is 0.886. The molecule has 0 radical (unpaired) electrons. The van der Waals surface area contributed by atoms with E-state index in [1.54, 1.807) is 0 Å². The predicted octanol–water partition coefficient (Wildman–Crippen LogP) is 3.14. The molecular formula is C12H15BrClNO. The summed E-state index contributed by atoms with van der Waals surface area (Å²) in [5.74, 6) is 0.806. The summed E-state index contributed by atoms with van der Waals surface area (Å²) >= 11 is 9.39. The monoisotopic (exact) mass is 303 g/mol. The highest BCUT2D eigenvalue weighted by Gasteiger charge is 2.22. The molecule has 4 heteroatoms. The van der Waals surface area contributed by atoms with Gasteiger partial charge in [0.1, 0.15) is 0 Å². The van der Waals surface area contributed by atoms with Crippen molar-refractivity contribution in [3.05, 3.63) is 33.3 Å². The first-order chi connectivity index (χ1) is 7.70. The van der Waals surface area contributed by atoms with E-state index >= 15 is 0 Å². The van der Waals surface area contributed by atoms with Gasteiger partial charge in [0, 0.05) is 4.47 Å². The van der Waals surface area contributed by atoms with Gasteiger partial charge < -0.3 is 10.4 Å². The molecule has 1 aromatic rings. The lowest BCUT2D eigenvalue weighted by atomic mass is 10.1. The van der Waals surface area contributed by atoms with Crippen LogP contribution in [0.15, 0.2) is 22.7 Å². The van der Waals surface area contributed by atoms with Gasteiger partial charge in [-0.2, -0.15) is 0 Å². The maximum atomic E-state index is 9.36. The molecule has 1 fully saturated rings. The lowest BCUT2D eigenvalue weighted by Gasteiger charge is -2.17. The minimum Gasteiger partial charge on any atom is -0.394 e. The summed E-state index contributed by atoms with van der Waals surface area (Å²) in [4.78, 5) is 0. The Morgan fingerprint density at radius 3 is 2.81 bits per heavy atom. The summed E-state index contributed by atoms with van der Waals surface area (Å²) in [5, 5.41) is 13.4. The van der Waals surface area contributed by atoms with E-state index < -0.39 is 0 Å². The number of nitrogens with one attached hydrogen (secondary N) is 1. The second kappa shape index (κ2) is 5.50. The van der Waals surface area contributed by atoms with Crippen LogP contribution in [0.1, 0.15) is 24.4 Å². The highest BCUT2D eigenvalue weighted by atomic mass is 79.9. The van der Waals surface area contributed by atoms with Crippen LogP contribution in [0.25, 0.3) is 0 Å². The van der Waals surface area contributed by atoms with E-state index in [0.29, 0.717) is 5.02 Å². The van der Waals surface area contributed by atoms with Crippen LogP contribution in [0.4, 0.5) is 0 Å². The topological polar surface area (TPSA) is 32.3 Å². The van der Waals surface area contributed by atoms with Crippen LogP contribution in [0.3, 0.4) is 0 Å². The molecular weight excluding hydrogens is 289 g/mol. The summed E-state index contributed by atoms with van der Waals surface area (Å²) in [7, 11) is 0. The highest BCUT2D eigenvalue weighted by molar-refractivity contribution is 9.10. The zero-order valence-corrected chi connectivity index (χ0v) is 11.3. The van der Waals surface area contributed by atoms with Gasteiger partial charge in [-0.1, -0.05) is 17.7 Å². The Bertz CT molecular complexity index is 368. The largest absolute Gasteiger partial charge is 0.394 e. The van der Waals surface area contributed by atoms with Crippen molar-refractivity contribution < 1.29 is 5.11 Å². The normalized spacial score (nSPS) is 17.4. The molecule has 0 aromatic heterocycles. The summed E-state index contributed by atoms with van der Waals surface area (Å²) in [6.45, 7) is 1.09. The SMILES string of the molecule is OCC(NCC1CC1)c1ccc(Br)c(Cl)c1. The Morgan fingerprint density at radius 1 is 1.50 bits per heavy atom. The molecule has 1 saturated carbocycles. The van der Waals surface area contributed by atoms with Crippen LogP contribution in [-0.4, -0.2) is 18.3 Å². The number of aliphatic hydroxyl groups is 1. The molecule has 0 aliphatic heterocycles. The van der Waals surface area contributed by atoms with Crippen molar-refractivity contribution in [3.8, 4) is 0 Å². The Labute approximate surface area is 109 Å². The van der Waals surface area contributed by atoms with Crippen molar-refractivity contribution >= 4 is 27.5 Å². The van der Waals surface area contributed by atoms with Gasteiger partial charge in [0.2, 0.25) is 0 Å². The predicted molar refractivity (Wildman–Crippen MR) is 69.7 cm³/mol. The number of halogens is 2. The first-order valence-electron chi connectivity index (χ1n) is 5.50. The molecule has 0 spiro atoms. The van der Waals surface area contributed by atoms with E-state index in [1.807, 2.05) is 18.2 Å². The standard InChI is InChI=1S/C12H15BrClNO/c13-10-4-3-9(5-11(10)14)12(7-16)15-6-8-1-2-8/h3-5,8,12,15-16H,1-2,6-7H2. The number of hydrogen-bond acceptors (Lipinski definition) is 2. The minimum absolute atomic E-state index is 0.00815. The molecule has 1 aromatic carbocycles. The first kappa shape index (κ1) is 12.4. The Hall–Kier alpha value is -0.0900. The fraction of sp³-hybridized carbons (Fsp3) is 0.500. The molecule has 2 N–H and O–H groups in total. The summed E-state index contributed by atoms with van der Waals surface area (Å²) in [6.07, 6.45) is 2.62. The van der Waals surface area contributed by atoms with Crippen LogP contribution in [0.2, 0.25) is 5.02 Å². The zero-order valence-electron chi connectivity index (χ0n) is 8.92. The molecule has 1 unspecified atom stereocenters. The zero-order chi connectivity index (χ0) is 11.5. The Kier molecular flexibility index (Phi) is 4.25. The smallest absolute Gasteiger partial charge is 0.0626 e. The quantitative estimate of drug-likeness (QED) is 0.876. The fourth-order valence-corrected chi connectivity index (χ4v) is 2.08. The number of rotatable bonds is 5. The molecule has 1 atom stereocenters. The van der Waals surface area contributed by atoms with E-state index in [9.17, 15) is 5.11 Å². The van der Waals surface area contributed by atoms with Crippen LogP contribution in [-0.2, 0) is 0 Å². The lowest BCUT2D eigenvalue weighted by molar-refractivity contribution is 0.243. The number of benzene rings is 1. The van der Waals surface area contributed by atoms with Crippen LogP contribution < -0.4 is 5.32 Å². The molecule has 0 bridgehead atoms. The third-order valence-corrected chi connectivity index (χ3v) is 4.11. The van der Waals surface area contributed by atoms with Gasteiger partial charge in [-0.3, -0.25) is 0 Å². The molecule has 1 aliphatic carbocycles. The van der Waals surface area contributed by atoms with E-state index in [4.69, 9.17) is 11.6 Å². The Balaban J connectivity index is 2.02. The van der Waals surface area contributed by atoms with E-state index in [2.05, 4.69) is 21.2 Å². The van der Waals surface area contributed by atoms with Crippen molar-refractivity contribution in [1.29, 1.82) is 0 Å². The molecule has 88 valence electrons. The van der Waals surface area contributed by atoms with Crippen molar-refractivity contribution in [2.24, 2.45) is 5.92 Å². The van der Waals surface area contributed by atoms with Gasteiger partial charge in [0.15, 0.2) is 0 Å². The molecule has 2 nitrogen and oxygen atoms in total. The molecule has 0 heterocycles. The summed E-state index contributed by atoms with van der Waals surface area (Å²) in [5.41, 5.74) is 1.04. The minimum atomic E-state index is -0.00815. The van der Waals surface area contributed by atoms with Gasteiger partial charge in [-0.05, 0) is 58.9 Å². The highest BCUT2D eigenvalue weighted by Crippen LogP contribution is 2.29. The third-order valence-electron chi connectivity index (χ3n) is 2.88. The van der Waals surface area contributed by atoms with Gasteiger partial charge in [0.05, 0.1) is 17.7 Å². The van der Waals surface area contributed by atoms with Crippen LogP contribution in [0, 0.1) is 5.92 Å². The van der Waals surface area contributed by atoms with Crippen LogP contribution in [0.5, 0.6) is 0 Å².